The Bertz CT molecular complexity index is 910. The minimum Gasteiger partial charge on any atom is -0.483 e. The summed E-state index contributed by atoms with van der Waals surface area (Å²) in [5.74, 6) is -4.67. The van der Waals surface area contributed by atoms with Gasteiger partial charge in [0.2, 0.25) is 11.8 Å². The van der Waals surface area contributed by atoms with Crippen LogP contribution in [0, 0.1) is 0 Å². The Balaban J connectivity index is 1.78. The van der Waals surface area contributed by atoms with Crippen LogP contribution in [0.2, 0.25) is 0 Å². The van der Waals surface area contributed by atoms with Crippen LogP contribution in [0.25, 0.3) is 0 Å². The van der Waals surface area contributed by atoms with Crippen molar-refractivity contribution in [2.24, 2.45) is 0 Å². The second-order valence-electron chi connectivity index (χ2n) is 6.09. The lowest BCUT2D eigenvalue weighted by atomic mass is 10.0. The molecular weight excluding hydrogens is 374 g/mol. The zero-order valence-corrected chi connectivity index (χ0v) is 14.4. The molecular formula is C17H15N3O8. The Morgan fingerprint density at radius 2 is 1.96 bits per heavy atom. The quantitative estimate of drug-likeness (QED) is 0.505. The Kier molecular flexibility index (Phi) is 5.07. The van der Waals surface area contributed by atoms with E-state index in [1.165, 1.54) is 18.2 Å². The molecule has 2 heterocycles. The number of carbonyl (C=O) groups excluding carboxylic acids is 5. The highest BCUT2D eigenvalue weighted by molar-refractivity contribution is 6.24. The average Bonchev–Trinajstić information content (AvgIpc) is 2.90. The van der Waals surface area contributed by atoms with Gasteiger partial charge in [0.15, 0.2) is 6.61 Å². The minimum atomic E-state index is -1.23. The Morgan fingerprint density at radius 3 is 2.64 bits per heavy atom. The van der Waals surface area contributed by atoms with Gasteiger partial charge < -0.3 is 15.2 Å². The molecule has 1 atom stereocenters. The summed E-state index contributed by atoms with van der Waals surface area (Å²) in [5, 5.41) is 12.7. The first-order chi connectivity index (χ1) is 13.3. The maximum Gasteiger partial charge on any atom is 0.322 e. The van der Waals surface area contributed by atoms with Crippen molar-refractivity contribution in [3.8, 4) is 5.75 Å². The van der Waals surface area contributed by atoms with Gasteiger partial charge in [-0.05, 0) is 18.6 Å². The minimum absolute atomic E-state index is 0.00306. The third-order valence-corrected chi connectivity index (χ3v) is 4.23. The number of nitrogens with zero attached hydrogens (tertiary/aromatic N) is 1. The SMILES string of the molecule is O=C(O)CNC(=O)COc1cccc2c1C(=O)N(C1CCC(=O)NC1=O)C2=O. The van der Waals surface area contributed by atoms with E-state index in [2.05, 4.69) is 10.6 Å². The van der Waals surface area contributed by atoms with Crippen LogP contribution in [-0.4, -0.2) is 64.7 Å². The van der Waals surface area contributed by atoms with Gasteiger partial charge in [-0.1, -0.05) is 6.07 Å². The summed E-state index contributed by atoms with van der Waals surface area (Å²) in [6, 6.07) is 3.10. The molecule has 0 saturated carbocycles. The summed E-state index contributed by atoms with van der Waals surface area (Å²) >= 11 is 0. The van der Waals surface area contributed by atoms with E-state index in [1.807, 2.05) is 0 Å². The molecule has 5 amide bonds. The third-order valence-electron chi connectivity index (χ3n) is 4.23. The molecule has 0 aliphatic carbocycles. The lowest BCUT2D eigenvalue weighted by Crippen LogP contribution is -2.54. The number of hydrogen-bond acceptors (Lipinski definition) is 7. The molecule has 1 unspecified atom stereocenters. The van der Waals surface area contributed by atoms with Crippen LogP contribution >= 0.6 is 0 Å². The molecule has 3 rings (SSSR count). The molecule has 146 valence electrons. The van der Waals surface area contributed by atoms with E-state index in [9.17, 15) is 28.8 Å². The molecule has 2 aliphatic heterocycles. The highest BCUT2D eigenvalue weighted by Gasteiger charge is 2.46. The summed E-state index contributed by atoms with van der Waals surface area (Å²) in [6.45, 7) is -1.15. The van der Waals surface area contributed by atoms with Crippen LogP contribution < -0.4 is 15.4 Å². The van der Waals surface area contributed by atoms with Crippen LogP contribution in [-0.2, 0) is 19.2 Å². The molecule has 28 heavy (non-hydrogen) atoms. The number of carboxylic acid groups (broad SMARTS) is 1. The summed E-state index contributed by atoms with van der Waals surface area (Å²) in [7, 11) is 0. The van der Waals surface area contributed by atoms with Gasteiger partial charge in [-0.2, -0.15) is 0 Å². The number of carboxylic acids is 1. The molecule has 11 nitrogen and oxygen atoms in total. The second-order valence-corrected chi connectivity index (χ2v) is 6.09. The zero-order chi connectivity index (χ0) is 20.4. The van der Waals surface area contributed by atoms with Gasteiger partial charge in [0.25, 0.3) is 17.7 Å². The second kappa shape index (κ2) is 7.47. The molecule has 2 aliphatic rings. The maximum atomic E-state index is 12.8. The van der Waals surface area contributed by atoms with Crippen molar-refractivity contribution in [2.75, 3.05) is 13.2 Å². The summed E-state index contributed by atoms with van der Waals surface area (Å²) in [4.78, 5) is 71.6. The van der Waals surface area contributed by atoms with E-state index in [0.29, 0.717) is 0 Å². The van der Waals surface area contributed by atoms with E-state index in [4.69, 9.17) is 9.84 Å². The third kappa shape index (κ3) is 3.54. The number of nitrogens with one attached hydrogen (secondary N) is 2. The standard InChI is InChI=1S/C17H15N3O8/c21-11-5-4-9(15(25)19-11)20-16(26)8-2-1-3-10(14(8)17(20)27)28-7-12(22)18-6-13(23)24/h1-3,9H,4-7H2,(H,18,22)(H,23,24)(H,19,21,25). The summed E-state index contributed by atoms with van der Waals surface area (Å²) < 4.78 is 5.28. The van der Waals surface area contributed by atoms with Crippen LogP contribution in [0.4, 0.5) is 0 Å². The lowest BCUT2D eigenvalue weighted by Gasteiger charge is -2.27. The van der Waals surface area contributed by atoms with E-state index < -0.39 is 54.7 Å². The maximum absolute atomic E-state index is 12.8. The number of imide groups is 2. The van der Waals surface area contributed by atoms with Gasteiger partial charge in [0, 0.05) is 6.42 Å². The first kappa shape index (κ1) is 19.0. The molecule has 11 heteroatoms. The van der Waals surface area contributed by atoms with E-state index in [0.717, 1.165) is 4.90 Å². The molecule has 0 aromatic heterocycles. The van der Waals surface area contributed by atoms with E-state index in [1.54, 1.807) is 0 Å². The van der Waals surface area contributed by atoms with Crippen LogP contribution in [0.3, 0.4) is 0 Å². The van der Waals surface area contributed by atoms with Gasteiger partial charge >= 0.3 is 5.97 Å². The monoisotopic (exact) mass is 389 g/mol. The fourth-order valence-corrected chi connectivity index (χ4v) is 2.97. The fourth-order valence-electron chi connectivity index (χ4n) is 2.97. The molecule has 0 spiro atoms. The van der Waals surface area contributed by atoms with Crippen LogP contribution in [0.1, 0.15) is 33.6 Å². The van der Waals surface area contributed by atoms with Gasteiger partial charge in [-0.15, -0.1) is 0 Å². The molecule has 1 fully saturated rings. The van der Waals surface area contributed by atoms with Gasteiger partial charge in [0.1, 0.15) is 18.3 Å². The lowest BCUT2D eigenvalue weighted by molar-refractivity contribution is -0.138. The molecule has 0 radical (unpaired) electrons. The van der Waals surface area contributed by atoms with E-state index >= 15 is 0 Å². The van der Waals surface area contributed by atoms with Crippen molar-refractivity contribution in [2.45, 2.75) is 18.9 Å². The number of carbonyl (C=O) groups is 6. The summed E-state index contributed by atoms with van der Waals surface area (Å²) in [5.41, 5.74) is -0.0821. The number of benzene rings is 1. The first-order valence-electron chi connectivity index (χ1n) is 8.25. The highest BCUT2D eigenvalue weighted by atomic mass is 16.5. The first-order valence-corrected chi connectivity index (χ1v) is 8.25. The average molecular weight is 389 g/mol. The predicted molar refractivity (Wildman–Crippen MR) is 89.3 cm³/mol. The normalized spacial score (nSPS) is 18.6. The van der Waals surface area contributed by atoms with Crippen LogP contribution in [0.5, 0.6) is 5.75 Å². The predicted octanol–water partition coefficient (Wildman–Crippen LogP) is -1.33. The zero-order valence-electron chi connectivity index (χ0n) is 14.4. The number of amides is 5. The van der Waals surface area contributed by atoms with Gasteiger partial charge in [-0.25, -0.2) is 0 Å². The fraction of sp³-hybridized carbons (Fsp3) is 0.294. The number of aliphatic carboxylic acids is 1. The van der Waals surface area contributed by atoms with Crippen molar-refractivity contribution in [1.82, 2.24) is 15.5 Å². The number of rotatable bonds is 6. The van der Waals surface area contributed by atoms with Crippen molar-refractivity contribution >= 4 is 35.5 Å². The van der Waals surface area contributed by atoms with Crippen molar-refractivity contribution in [3.63, 3.8) is 0 Å². The Hall–Kier alpha value is -3.76. The summed E-state index contributed by atoms with van der Waals surface area (Å²) in [6.07, 6.45) is 0.0147. The number of piperidine rings is 1. The molecule has 0 bridgehead atoms. The van der Waals surface area contributed by atoms with Gasteiger partial charge in [0.05, 0.1) is 11.1 Å². The topological polar surface area (TPSA) is 159 Å². The molecule has 1 aromatic carbocycles. The molecule has 1 saturated heterocycles. The number of fused-ring (bicyclic) bond motifs is 1. The van der Waals surface area contributed by atoms with Crippen molar-refractivity contribution in [1.29, 1.82) is 0 Å². The van der Waals surface area contributed by atoms with E-state index in [-0.39, 0.29) is 29.7 Å². The largest absolute Gasteiger partial charge is 0.483 e. The van der Waals surface area contributed by atoms with Crippen molar-refractivity contribution < 1.29 is 38.6 Å². The highest BCUT2D eigenvalue weighted by Crippen LogP contribution is 2.33. The molecule has 3 N–H and O–H groups in total. The smallest absolute Gasteiger partial charge is 0.322 e. The van der Waals surface area contributed by atoms with Crippen molar-refractivity contribution in [3.05, 3.63) is 29.3 Å². The molecule has 1 aromatic rings. The number of ether oxygens (including phenoxy) is 1. The Labute approximate surface area is 157 Å². The number of hydrogen-bond donors (Lipinski definition) is 3. The van der Waals surface area contributed by atoms with Crippen LogP contribution in [0.15, 0.2) is 18.2 Å². The van der Waals surface area contributed by atoms with Gasteiger partial charge in [-0.3, -0.25) is 39.0 Å². The Morgan fingerprint density at radius 1 is 1.21 bits per heavy atom.